The van der Waals surface area contributed by atoms with E-state index in [1.807, 2.05) is 0 Å². The van der Waals surface area contributed by atoms with Gasteiger partial charge in [-0.25, -0.2) is 0 Å². The van der Waals surface area contributed by atoms with E-state index in [2.05, 4.69) is 4.18 Å². The quantitative estimate of drug-likeness (QED) is 0.595. The summed E-state index contributed by atoms with van der Waals surface area (Å²) in [4.78, 5) is 0. The van der Waals surface area contributed by atoms with Gasteiger partial charge in [0.15, 0.2) is 0 Å². The molecule has 0 amide bonds. The van der Waals surface area contributed by atoms with Gasteiger partial charge in [0.2, 0.25) is 0 Å². The number of hydrogen-bond donors (Lipinski definition) is 1. The molecule has 0 aromatic heterocycles. The fraction of sp³-hybridized carbons (Fsp3) is 0.333. The molecule has 78 valence electrons. The SMILES string of the molecule is COS(=O)(=O)CCc1ccc(N)cc1. The molecular weight excluding hydrogens is 202 g/mol. The van der Waals surface area contributed by atoms with Crippen LogP contribution in [0, 0.1) is 0 Å². The van der Waals surface area contributed by atoms with Crippen LogP contribution < -0.4 is 5.73 Å². The fourth-order valence-corrected chi connectivity index (χ4v) is 1.66. The molecule has 4 nitrogen and oxygen atoms in total. The van der Waals surface area contributed by atoms with Crippen LogP contribution in [0.2, 0.25) is 0 Å². The number of aryl methyl sites for hydroxylation is 1. The van der Waals surface area contributed by atoms with E-state index in [9.17, 15) is 8.42 Å². The Morgan fingerprint density at radius 3 is 2.36 bits per heavy atom. The van der Waals surface area contributed by atoms with Gasteiger partial charge in [0, 0.05) is 5.69 Å². The van der Waals surface area contributed by atoms with Crippen molar-refractivity contribution in [2.24, 2.45) is 0 Å². The Labute approximate surface area is 83.8 Å². The molecule has 0 bridgehead atoms. The highest BCUT2D eigenvalue weighted by Gasteiger charge is 2.07. The number of benzene rings is 1. The van der Waals surface area contributed by atoms with E-state index in [0.717, 1.165) is 12.7 Å². The third kappa shape index (κ3) is 3.35. The van der Waals surface area contributed by atoms with Crippen LogP contribution in [-0.2, 0) is 20.7 Å². The fourth-order valence-electron chi connectivity index (χ4n) is 1.01. The lowest BCUT2D eigenvalue weighted by Gasteiger charge is -2.02. The second-order valence-corrected chi connectivity index (χ2v) is 4.78. The predicted molar refractivity (Wildman–Crippen MR) is 55.4 cm³/mol. The Kier molecular flexibility index (Phi) is 3.49. The van der Waals surface area contributed by atoms with Crippen molar-refractivity contribution in [1.29, 1.82) is 0 Å². The molecule has 0 saturated heterocycles. The van der Waals surface area contributed by atoms with Crippen LogP contribution in [0.5, 0.6) is 0 Å². The van der Waals surface area contributed by atoms with Gasteiger partial charge >= 0.3 is 0 Å². The highest BCUT2D eigenvalue weighted by molar-refractivity contribution is 7.86. The van der Waals surface area contributed by atoms with E-state index < -0.39 is 10.1 Å². The van der Waals surface area contributed by atoms with Crippen molar-refractivity contribution >= 4 is 15.8 Å². The van der Waals surface area contributed by atoms with E-state index in [1.54, 1.807) is 24.3 Å². The minimum absolute atomic E-state index is 0.00653. The topological polar surface area (TPSA) is 69.4 Å². The zero-order valence-electron chi connectivity index (χ0n) is 7.93. The third-order valence-corrected chi connectivity index (χ3v) is 3.09. The van der Waals surface area contributed by atoms with E-state index in [1.165, 1.54) is 0 Å². The van der Waals surface area contributed by atoms with E-state index >= 15 is 0 Å². The van der Waals surface area contributed by atoms with Gasteiger partial charge < -0.3 is 5.73 Å². The summed E-state index contributed by atoms with van der Waals surface area (Å²) in [6.45, 7) is 0. The molecule has 1 aromatic carbocycles. The summed E-state index contributed by atoms with van der Waals surface area (Å²) in [7, 11) is -2.19. The van der Waals surface area contributed by atoms with Gasteiger partial charge in [-0.05, 0) is 24.1 Å². The Bertz CT molecular complexity index is 383. The van der Waals surface area contributed by atoms with Crippen LogP contribution in [0.3, 0.4) is 0 Å². The van der Waals surface area contributed by atoms with E-state index in [4.69, 9.17) is 5.73 Å². The number of hydrogen-bond acceptors (Lipinski definition) is 4. The third-order valence-electron chi connectivity index (χ3n) is 1.87. The molecule has 14 heavy (non-hydrogen) atoms. The molecular formula is C9H13NO3S. The Balaban J connectivity index is 2.59. The van der Waals surface area contributed by atoms with Crippen molar-refractivity contribution < 1.29 is 12.6 Å². The molecule has 2 N–H and O–H groups in total. The van der Waals surface area contributed by atoms with E-state index in [0.29, 0.717) is 12.1 Å². The monoisotopic (exact) mass is 215 g/mol. The molecule has 1 rings (SSSR count). The smallest absolute Gasteiger partial charge is 0.267 e. The highest BCUT2D eigenvalue weighted by atomic mass is 32.2. The first-order chi connectivity index (χ1) is 6.53. The number of nitrogen functional groups attached to an aromatic ring is 1. The molecule has 0 aliphatic rings. The Morgan fingerprint density at radius 2 is 1.86 bits per heavy atom. The normalized spacial score (nSPS) is 11.5. The average Bonchev–Trinajstić information content (AvgIpc) is 2.17. The molecule has 0 atom stereocenters. The molecule has 0 unspecified atom stereocenters. The molecule has 0 saturated carbocycles. The van der Waals surface area contributed by atoms with Crippen LogP contribution >= 0.6 is 0 Å². The number of rotatable bonds is 4. The maximum atomic E-state index is 11.0. The lowest BCUT2D eigenvalue weighted by atomic mass is 10.2. The zero-order valence-corrected chi connectivity index (χ0v) is 8.75. The summed E-state index contributed by atoms with van der Waals surface area (Å²) in [5.74, 6) is -0.00653. The van der Waals surface area contributed by atoms with Crippen molar-refractivity contribution in [3.05, 3.63) is 29.8 Å². The molecule has 0 radical (unpaired) electrons. The highest BCUT2D eigenvalue weighted by Crippen LogP contribution is 2.07. The zero-order chi connectivity index (χ0) is 10.6. The van der Waals surface area contributed by atoms with Crippen LogP contribution in [0.1, 0.15) is 5.56 Å². The van der Waals surface area contributed by atoms with E-state index in [-0.39, 0.29) is 5.75 Å². The van der Waals surface area contributed by atoms with Crippen molar-refractivity contribution in [2.45, 2.75) is 6.42 Å². The first-order valence-corrected chi connectivity index (χ1v) is 5.74. The second-order valence-electron chi connectivity index (χ2n) is 2.92. The summed E-state index contributed by atoms with van der Waals surface area (Å²) >= 11 is 0. The molecule has 0 aliphatic heterocycles. The van der Waals surface area contributed by atoms with Crippen molar-refractivity contribution in [2.75, 3.05) is 18.6 Å². The Hall–Kier alpha value is -1.07. The van der Waals surface area contributed by atoms with Crippen molar-refractivity contribution in [3.8, 4) is 0 Å². The summed E-state index contributed by atoms with van der Waals surface area (Å²) < 4.78 is 26.3. The standard InChI is InChI=1S/C9H13NO3S/c1-13-14(11,12)7-6-8-2-4-9(10)5-3-8/h2-5H,6-7,10H2,1H3. The van der Waals surface area contributed by atoms with Gasteiger partial charge in [-0.2, -0.15) is 8.42 Å². The van der Waals surface area contributed by atoms with Gasteiger partial charge in [0.25, 0.3) is 10.1 Å². The predicted octanol–water partition coefficient (Wildman–Crippen LogP) is 0.788. The lowest BCUT2D eigenvalue weighted by Crippen LogP contribution is -2.09. The minimum Gasteiger partial charge on any atom is -0.399 e. The molecule has 0 aliphatic carbocycles. The summed E-state index contributed by atoms with van der Waals surface area (Å²) in [6, 6.07) is 7.10. The number of nitrogens with two attached hydrogens (primary N) is 1. The average molecular weight is 215 g/mol. The molecule has 1 aromatic rings. The van der Waals surface area contributed by atoms with Crippen LogP contribution in [0.15, 0.2) is 24.3 Å². The molecule has 0 spiro atoms. The summed E-state index contributed by atoms with van der Waals surface area (Å²) in [5, 5.41) is 0. The summed E-state index contributed by atoms with van der Waals surface area (Å²) in [5.41, 5.74) is 7.09. The minimum atomic E-state index is -3.36. The van der Waals surface area contributed by atoms with Crippen molar-refractivity contribution in [3.63, 3.8) is 0 Å². The Morgan fingerprint density at radius 1 is 1.29 bits per heavy atom. The maximum absolute atomic E-state index is 11.0. The molecule has 0 heterocycles. The first kappa shape index (κ1) is 11.0. The lowest BCUT2D eigenvalue weighted by molar-refractivity contribution is 0.397. The van der Waals surface area contributed by atoms with Gasteiger partial charge in [0.05, 0.1) is 12.9 Å². The van der Waals surface area contributed by atoms with Crippen molar-refractivity contribution in [1.82, 2.24) is 0 Å². The van der Waals surface area contributed by atoms with Crippen LogP contribution in [-0.4, -0.2) is 21.3 Å². The molecule has 0 fully saturated rings. The van der Waals surface area contributed by atoms with Gasteiger partial charge in [-0.1, -0.05) is 12.1 Å². The van der Waals surface area contributed by atoms with Gasteiger partial charge in [0.1, 0.15) is 0 Å². The first-order valence-electron chi connectivity index (χ1n) is 4.16. The largest absolute Gasteiger partial charge is 0.399 e. The van der Waals surface area contributed by atoms with Crippen LogP contribution in [0.4, 0.5) is 5.69 Å². The number of anilines is 1. The van der Waals surface area contributed by atoms with Gasteiger partial charge in [-0.15, -0.1) is 0 Å². The summed E-state index contributed by atoms with van der Waals surface area (Å²) in [6.07, 6.45) is 0.441. The molecule has 5 heteroatoms. The second kappa shape index (κ2) is 4.43. The van der Waals surface area contributed by atoms with Gasteiger partial charge in [-0.3, -0.25) is 4.18 Å². The maximum Gasteiger partial charge on any atom is 0.267 e. The van der Waals surface area contributed by atoms with Crippen LogP contribution in [0.25, 0.3) is 0 Å².